The molecule has 0 unspecified atom stereocenters. The van der Waals surface area contributed by atoms with E-state index in [0.717, 1.165) is 24.3 Å². The normalized spacial score (nSPS) is 11.2. The van der Waals surface area contributed by atoms with Crippen LogP contribution >= 0.6 is 0 Å². The summed E-state index contributed by atoms with van der Waals surface area (Å²) in [4.78, 5) is 12.0. The average molecular weight is 331 g/mol. The third-order valence-corrected chi connectivity index (χ3v) is 3.12. The van der Waals surface area contributed by atoms with E-state index in [1.165, 1.54) is 12.2 Å². The number of halogens is 3. The SMILES string of the molecule is N#CCOc1ccccc1/C=C\C(=O)c1ccc(C(F)(F)F)cc1. The van der Waals surface area contributed by atoms with Crippen LogP contribution in [0.25, 0.3) is 6.08 Å². The Morgan fingerprint density at radius 2 is 1.79 bits per heavy atom. The van der Waals surface area contributed by atoms with E-state index in [-0.39, 0.29) is 12.2 Å². The van der Waals surface area contributed by atoms with Gasteiger partial charge in [0.25, 0.3) is 0 Å². The number of carbonyl (C=O) groups excluding carboxylic acids is 1. The fraction of sp³-hybridized carbons (Fsp3) is 0.111. The molecule has 2 aromatic rings. The maximum atomic E-state index is 12.5. The molecule has 0 aliphatic carbocycles. The van der Waals surface area contributed by atoms with Crippen molar-refractivity contribution < 1.29 is 22.7 Å². The summed E-state index contributed by atoms with van der Waals surface area (Å²) in [7, 11) is 0. The van der Waals surface area contributed by atoms with Crippen molar-refractivity contribution in [1.29, 1.82) is 5.26 Å². The Kier molecular flexibility index (Phi) is 5.38. The van der Waals surface area contributed by atoms with Gasteiger partial charge in [-0.15, -0.1) is 0 Å². The van der Waals surface area contributed by atoms with Gasteiger partial charge in [0.1, 0.15) is 11.8 Å². The standard InChI is InChI=1S/C18H12F3NO2/c19-18(20,21)15-8-5-13(6-9-15)16(23)10-7-14-3-1-2-4-17(14)24-12-11-22/h1-10H,12H2/b10-7-. The van der Waals surface area contributed by atoms with Gasteiger partial charge in [0.15, 0.2) is 12.4 Å². The van der Waals surface area contributed by atoms with E-state index in [4.69, 9.17) is 10.00 Å². The van der Waals surface area contributed by atoms with E-state index >= 15 is 0 Å². The van der Waals surface area contributed by atoms with Gasteiger partial charge in [-0.25, -0.2) is 0 Å². The van der Waals surface area contributed by atoms with Gasteiger partial charge in [-0.1, -0.05) is 30.3 Å². The van der Waals surface area contributed by atoms with Crippen LogP contribution in [0.4, 0.5) is 13.2 Å². The van der Waals surface area contributed by atoms with Crippen LogP contribution in [0.2, 0.25) is 0 Å². The first-order chi connectivity index (χ1) is 11.4. The smallest absolute Gasteiger partial charge is 0.416 e. The van der Waals surface area contributed by atoms with Crippen LogP contribution in [-0.2, 0) is 6.18 Å². The number of benzene rings is 2. The molecule has 0 atom stereocenters. The first kappa shape index (κ1) is 17.3. The van der Waals surface area contributed by atoms with Crippen molar-refractivity contribution in [3.05, 3.63) is 71.3 Å². The number of ether oxygens (including phenoxy) is 1. The Labute approximate surface area is 136 Å². The molecule has 0 fully saturated rings. The fourth-order valence-corrected chi connectivity index (χ4v) is 1.94. The summed E-state index contributed by atoms with van der Waals surface area (Å²) in [6, 6.07) is 12.7. The van der Waals surface area contributed by atoms with Gasteiger partial charge >= 0.3 is 6.18 Å². The number of ketones is 1. The Morgan fingerprint density at radius 1 is 1.12 bits per heavy atom. The van der Waals surface area contributed by atoms with Crippen LogP contribution in [0.3, 0.4) is 0 Å². The molecule has 0 heterocycles. The number of para-hydroxylation sites is 1. The van der Waals surface area contributed by atoms with Crippen LogP contribution in [0.15, 0.2) is 54.6 Å². The fourth-order valence-electron chi connectivity index (χ4n) is 1.94. The van der Waals surface area contributed by atoms with Crippen molar-refractivity contribution in [2.45, 2.75) is 6.18 Å². The highest BCUT2D eigenvalue weighted by Crippen LogP contribution is 2.29. The van der Waals surface area contributed by atoms with Gasteiger partial charge in [-0.3, -0.25) is 4.79 Å². The zero-order chi connectivity index (χ0) is 17.6. The van der Waals surface area contributed by atoms with E-state index in [0.29, 0.717) is 11.3 Å². The first-order valence-corrected chi connectivity index (χ1v) is 6.90. The summed E-state index contributed by atoms with van der Waals surface area (Å²) in [5.41, 5.74) is -0.0686. The molecule has 0 aliphatic heterocycles. The molecule has 0 spiro atoms. The quantitative estimate of drug-likeness (QED) is 0.598. The molecule has 0 aliphatic rings. The van der Waals surface area contributed by atoms with Gasteiger partial charge in [-0.2, -0.15) is 18.4 Å². The lowest BCUT2D eigenvalue weighted by Gasteiger charge is -2.06. The highest BCUT2D eigenvalue weighted by Gasteiger charge is 2.30. The van der Waals surface area contributed by atoms with E-state index in [2.05, 4.69) is 0 Å². The number of nitriles is 1. The van der Waals surface area contributed by atoms with Gasteiger partial charge in [0.2, 0.25) is 0 Å². The van der Waals surface area contributed by atoms with Crippen molar-refractivity contribution in [1.82, 2.24) is 0 Å². The lowest BCUT2D eigenvalue weighted by atomic mass is 10.1. The van der Waals surface area contributed by atoms with Crippen molar-refractivity contribution >= 4 is 11.9 Å². The van der Waals surface area contributed by atoms with E-state index in [9.17, 15) is 18.0 Å². The summed E-state index contributed by atoms with van der Waals surface area (Å²) >= 11 is 0. The second-order valence-corrected chi connectivity index (χ2v) is 4.76. The summed E-state index contributed by atoms with van der Waals surface area (Å²) < 4.78 is 42.7. The molecule has 3 nitrogen and oxygen atoms in total. The molecule has 2 aromatic carbocycles. The Morgan fingerprint density at radius 3 is 2.42 bits per heavy atom. The van der Waals surface area contributed by atoms with Gasteiger partial charge in [0.05, 0.1) is 5.56 Å². The second kappa shape index (κ2) is 7.47. The highest BCUT2D eigenvalue weighted by atomic mass is 19.4. The number of nitrogens with zero attached hydrogens (tertiary/aromatic N) is 1. The topological polar surface area (TPSA) is 50.1 Å². The van der Waals surface area contributed by atoms with Gasteiger partial charge in [-0.05, 0) is 30.4 Å². The number of hydrogen-bond acceptors (Lipinski definition) is 3. The second-order valence-electron chi connectivity index (χ2n) is 4.76. The molecular formula is C18H12F3NO2. The van der Waals surface area contributed by atoms with Crippen LogP contribution in [0.5, 0.6) is 5.75 Å². The molecule has 0 aromatic heterocycles. The number of allylic oxidation sites excluding steroid dienone is 1. The molecule has 0 N–H and O–H groups in total. The molecule has 2 rings (SSSR count). The van der Waals surface area contributed by atoms with Crippen molar-refractivity contribution in [2.75, 3.05) is 6.61 Å². The van der Waals surface area contributed by atoms with Crippen LogP contribution in [-0.4, -0.2) is 12.4 Å². The zero-order valence-corrected chi connectivity index (χ0v) is 12.4. The van der Waals surface area contributed by atoms with E-state index in [1.807, 2.05) is 6.07 Å². The number of rotatable bonds is 5. The summed E-state index contributed by atoms with van der Waals surface area (Å²) in [5.74, 6) is 0.00864. The van der Waals surface area contributed by atoms with Crippen molar-refractivity contribution in [3.8, 4) is 11.8 Å². The molecule has 0 saturated carbocycles. The van der Waals surface area contributed by atoms with Gasteiger partial charge < -0.3 is 4.74 Å². The largest absolute Gasteiger partial charge is 0.478 e. The van der Waals surface area contributed by atoms with Crippen LogP contribution < -0.4 is 4.74 Å². The minimum atomic E-state index is -4.44. The highest BCUT2D eigenvalue weighted by molar-refractivity contribution is 6.06. The lowest BCUT2D eigenvalue weighted by Crippen LogP contribution is -2.05. The predicted octanol–water partition coefficient (Wildman–Crippen LogP) is 4.50. The molecule has 6 heteroatoms. The molecule has 0 saturated heterocycles. The van der Waals surface area contributed by atoms with Crippen molar-refractivity contribution in [2.24, 2.45) is 0 Å². The number of carbonyl (C=O) groups is 1. The minimum Gasteiger partial charge on any atom is -0.478 e. The predicted molar refractivity (Wildman–Crippen MR) is 82.4 cm³/mol. The third-order valence-electron chi connectivity index (χ3n) is 3.12. The average Bonchev–Trinajstić information content (AvgIpc) is 2.58. The van der Waals surface area contributed by atoms with Crippen LogP contribution in [0.1, 0.15) is 21.5 Å². The Balaban J connectivity index is 2.15. The maximum absolute atomic E-state index is 12.5. The molecule has 0 amide bonds. The first-order valence-electron chi connectivity index (χ1n) is 6.90. The minimum absolute atomic E-state index is 0.127. The Hall–Kier alpha value is -3.07. The molecule has 0 radical (unpaired) electrons. The maximum Gasteiger partial charge on any atom is 0.416 e. The molecule has 24 heavy (non-hydrogen) atoms. The third kappa shape index (κ3) is 4.46. The molecular weight excluding hydrogens is 319 g/mol. The summed E-state index contributed by atoms with van der Waals surface area (Å²) in [6.07, 6.45) is -1.70. The summed E-state index contributed by atoms with van der Waals surface area (Å²) in [6.45, 7) is -0.127. The van der Waals surface area contributed by atoms with E-state index < -0.39 is 17.5 Å². The number of alkyl halides is 3. The number of hydrogen-bond donors (Lipinski definition) is 0. The zero-order valence-electron chi connectivity index (χ0n) is 12.4. The van der Waals surface area contributed by atoms with Crippen molar-refractivity contribution in [3.63, 3.8) is 0 Å². The monoisotopic (exact) mass is 331 g/mol. The van der Waals surface area contributed by atoms with Gasteiger partial charge in [0, 0.05) is 11.1 Å². The van der Waals surface area contributed by atoms with E-state index in [1.54, 1.807) is 24.3 Å². The Bertz CT molecular complexity index is 787. The summed E-state index contributed by atoms with van der Waals surface area (Å²) in [5, 5.41) is 8.54. The van der Waals surface area contributed by atoms with Crippen LogP contribution in [0, 0.1) is 11.3 Å². The molecule has 122 valence electrons. The molecule has 0 bridgehead atoms. The lowest BCUT2D eigenvalue weighted by molar-refractivity contribution is -0.137.